The molecule has 3 nitrogen and oxygen atoms in total. The lowest BCUT2D eigenvalue weighted by Gasteiger charge is -2.69. The predicted molar refractivity (Wildman–Crippen MR) is 128 cm³/mol. The molecule has 0 aromatic carbocycles. The maximum Gasteiger partial charge on any atom is 0.309 e. The van der Waals surface area contributed by atoms with Crippen molar-refractivity contribution in [2.75, 3.05) is 0 Å². The number of carbonyl (C=O) groups is 1. The van der Waals surface area contributed by atoms with E-state index in [0.717, 1.165) is 38.5 Å². The Bertz CT molecular complexity index is 815. The number of hydrogen-bond donors (Lipinski definition) is 2. The van der Waals surface area contributed by atoms with Crippen molar-refractivity contribution in [3.8, 4) is 0 Å². The molecule has 10 atom stereocenters. The minimum absolute atomic E-state index is 0.00724. The number of carboxylic acids is 1. The molecule has 2 unspecified atom stereocenters. The van der Waals surface area contributed by atoms with Crippen LogP contribution in [-0.2, 0) is 4.79 Å². The van der Waals surface area contributed by atoms with Crippen LogP contribution in [0.15, 0.2) is 12.2 Å². The summed E-state index contributed by atoms with van der Waals surface area (Å²) < 4.78 is 0. The molecule has 0 amide bonds. The van der Waals surface area contributed by atoms with E-state index >= 15 is 0 Å². The molecule has 0 aromatic heterocycles. The lowest BCUT2D eigenvalue weighted by atomic mass is 9.36. The lowest BCUT2D eigenvalue weighted by Crippen LogP contribution is -2.63. The summed E-state index contributed by atoms with van der Waals surface area (Å²) in [6, 6.07) is 0. The van der Waals surface area contributed by atoms with Gasteiger partial charge in [-0.15, -0.1) is 0 Å². The number of carboxylic acid groups (broad SMARTS) is 1. The van der Waals surface area contributed by atoms with Crippen LogP contribution in [0.5, 0.6) is 0 Å². The third-order valence-corrected chi connectivity index (χ3v) is 12.6. The molecule has 0 aromatic rings. The van der Waals surface area contributed by atoms with Gasteiger partial charge in [0.1, 0.15) is 0 Å². The van der Waals surface area contributed by atoms with Crippen molar-refractivity contribution in [1.29, 1.82) is 0 Å². The number of rotatable bonds is 2. The molecule has 3 heteroatoms. The van der Waals surface area contributed by atoms with Crippen molar-refractivity contribution < 1.29 is 15.0 Å². The number of fused-ring (bicyclic) bond motifs is 7. The molecule has 5 aliphatic rings. The summed E-state index contributed by atoms with van der Waals surface area (Å²) in [5.41, 5.74) is 1.30. The number of allylic oxidation sites excluding steroid dienone is 1. The van der Waals surface area contributed by atoms with Gasteiger partial charge in [-0.25, -0.2) is 0 Å². The average Bonchev–Trinajstić information content (AvgIpc) is 3.12. The maximum absolute atomic E-state index is 12.7. The fourth-order valence-corrected chi connectivity index (χ4v) is 11.2. The third kappa shape index (κ3) is 2.72. The Hall–Kier alpha value is -0.830. The maximum atomic E-state index is 12.7. The van der Waals surface area contributed by atoms with Crippen molar-refractivity contribution in [3.05, 3.63) is 12.2 Å². The number of aliphatic carboxylic acids is 1. The van der Waals surface area contributed by atoms with Gasteiger partial charge in [0, 0.05) is 0 Å². The zero-order valence-electron chi connectivity index (χ0n) is 21.1. The van der Waals surface area contributed by atoms with Crippen LogP contribution in [0.25, 0.3) is 0 Å². The van der Waals surface area contributed by atoms with Crippen LogP contribution in [0.1, 0.15) is 98.8 Å². The average molecular weight is 443 g/mol. The first-order chi connectivity index (χ1) is 14.9. The van der Waals surface area contributed by atoms with Crippen LogP contribution in [0, 0.1) is 57.2 Å². The first kappa shape index (κ1) is 22.9. The van der Waals surface area contributed by atoms with Crippen molar-refractivity contribution in [2.45, 2.75) is 105 Å². The topological polar surface area (TPSA) is 57.5 Å². The van der Waals surface area contributed by atoms with E-state index in [2.05, 4.69) is 41.2 Å². The highest BCUT2D eigenvalue weighted by atomic mass is 16.4. The van der Waals surface area contributed by atoms with Crippen LogP contribution < -0.4 is 0 Å². The highest BCUT2D eigenvalue weighted by Gasteiger charge is 2.68. The molecular weight excluding hydrogens is 396 g/mol. The molecule has 0 bridgehead atoms. The molecule has 2 N–H and O–H groups in total. The lowest BCUT2D eigenvalue weighted by molar-refractivity contribution is -0.217. The summed E-state index contributed by atoms with van der Waals surface area (Å²) in [7, 11) is 0. The van der Waals surface area contributed by atoms with E-state index in [1.54, 1.807) is 0 Å². The Labute approximate surface area is 195 Å². The summed E-state index contributed by atoms with van der Waals surface area (Å²) >= 11 is 0. The number of aliphatic hydroxyl groups is 1. The fourth-order valence-electron chi connectivity index (χ4n) is 11.2. The van der Waals surface area contributed by atoms with Crippen molar-refractivity contribution >= 4 is 5.97 Å². The third-order valence-electron chi connectivity index (χ3n) is 12.6. The second-order valence-corrected chi connectivity index (χ2v) is 13.9. The van der Waals surface area contributed by atoms with E-state index in [4.69, 9.17) is 0 Å². The number of aliphatic hydroxyl groups excluding tert-OH is 1. The Kier molecular flexibility index (Phi) is 5.08. The molecule has 5 aliphatic carbocycles. The molecule has 0 saturated heterocycles. The second kappa shape index (κ2) is 7.09. The Morgan fingerprint density at radius 1 is 0.844 bits per heavy atom. The van der Waals surface area contributed by atoms with Gasteiger partial charge in [0.2, 0.25) is 0 Å². The smallest absolute Gasteiger partial charge is 0.309 e. The van der Waals surface area contributed by atoms with Crippen molar-refractivity contribution in [3.63, 3.8) is 0 Å². The first-order valence-corrected chi connectivity index (χ1v) is 13.5. The molecule has 0 spiro atoms. The van der Waals surface area contributed by atoms with E-state index in [-0.39, 0.29) is 17.4 Å². The summed E-state index contributed by atoms with van der Waals surface area (Å²) in [4.78, 5) is 12.7. The van der Waals surface area contributed by atoms with Gasteiger partial charge in [-0.05, 0) is 123 Å². The van der Waals surface area contributed by atoms with Gasteiger partial charge in [0.05, 0.1) is 11.5 Å². The summed E-state index contributed by atoms with van der Waals surface area (Å²) in [5.74, 6) is 2.60. The molecule has 0 radical (unpaired) electrons. The standard InChI is InChI=1S/C29H46O3/c1-17(2)18-9-15-29(25(31)32)16-10-20-19(24(18)29)7-8-22-27(20,5)13-11-21-26(3,4)23(30)12-14-28(21,22)6/h18-24,30H,1,7-16H2,2-6H3,(H,31,32)/t18-,19-,20?,21-,22-,23-,24?,27-,28-,29-/m0/s1. The summed E-state index contributed by atoms with van der Waals surface area (Å²) in [5, 5.41) is 21.2. The van der Waals surface area contributed by atoms with Crippen LogP contribution in [-0.4, -0.2) is 22.3 Å². The van der Waals surface area contributed by atoms with Gasteiger partial charge < -0.3 is 10.2 Å². The quantitative estimate of drug-likeness (QED) is 0.468. The molecule has 5 fully saturated rings. The van der Waals surface area contributed by atoms with Crippen LogP contribution in [0.3, 0.4) is 0 Å². The SMILES string of the molecule is C=C(C)[C@@H]1CC[C@]2(C(=O)O)CCC3[C@H](CC[C@@H]4[C@@]5(C)CC[C@H](O)C(C)(C)[C@@H]5CC[C@@]34C)C12. The second-order valence-electron chi connectivity index (χ2n) is 13.9. The van der Waals surface area contributed by atoms with Gasteiger partial charge in [-0.1, -0.05) is 39.8 Å². The largest absolute Gasteiger partial charge is 0.481 e. The Balaban J connectivity index is 1.52. The predicted octanol–water partition coefficient (Wildman–Crippen LogP) is 6.70. The zero-order chi connectivity index (χ0) is 23.3. The monoisotopic (exact) mass is 442 g/mol. The molecule has 32 heavy (non-hydrogen) atoms. The van der Waals surface area contributed by atoms with Gasteiger partial charge in [-0.2, -0.15) is 0 Å². The van der Waals surface area contributed by atoms with E-state index < -0.39 is 11.4 Å². The molecule has 0 aliphatic heterocycles. The summed E-state index contributed by atoms with van der Waals surface area (Å²) in [6.07, 6.45) is 10.6. The van der Waals surface area contributed by atoms with Crippen LogP contribution in [0.4, 0.5) is 0 Å². The molecular formula is C29H46O3. The van der Waals surface area contributed by atoms with Gasteiger partial charge in [0.25, 0.3) is 0 Å². The van der Waals surface area contributed by atoms with E-state index in [0.29, 0.717) is 40.4 Å². The normalized spacial score (nSPS) is 54.0. The fraction of sp³-hybridized carbons (Fsp3) is 0.897. The first-order valence-electron chi connectivity index (χ1n) is 13.5. The van der Waals surface area contributed by atoms with E-state index in [9.17, 15) is 15.0 Å². The minimum atomic E-state index is -0.532. The Morgan fingerprint density at radius 3 is 2.16 bits per heavy atom. The minimum Gasteiger partial charge on any atom is -0.481 e. The number of hydrogen-bond acceptors (Lipinski definition) is 2. The van der Waals surface area contributed by atoms with Crippen LogP contribution >= 0.6 is 0 Å². The summed E-state index contributed by atoms with van der Waals surface area (Å²) in [6.45, 7) is 16.2. The van der Waals surface area contributed by atoms with Gasteiger partial charge >= 0.3 is 5.97 Å². The van der Waals surface area contributed by atoms with Crippen molar-refractivity contribution in [1.82, 2.24) is 0 Å². The molecule has 5 saturated carbocycles. The zero-order valence-corrected chi connectivity index (χ0v) is 21.1. The van der Waals surface area contributed by atoms with Crippen LogP contribution in [0.2, 0.25) is 0 Å². The van der Waals surface area contributed by atoms with E-state index in [1.807, 2.05) is 0 Å². The highest BCUT2D eigenvalue weighted by molar-refractivity contribution is 5.76. The Morgan fingerprint density at radius 2 is 1.50 bits per heavy atom. The van der Waals surface area contributed by atoms with Gasteiger partial charge in [-0.3, -0.25) is 4.79 Å². The molecule has 5 rings (SSSR count). The molecule has 0 heterocycles. The molecule has 180 valence electrons. The van der Waals surface area contributed by atoms with Crippen molar-refractivity contribution in [2.24, 2.45) is 57.2 Å². The van der Waals surface area contributed by atoms with Gasteiger partial charge in [0.15, 0.2) is 0 Å². The van der Waals surface area contributed by atoms with E-state index in [1.165, 1.54) is 31.3 Å². The highest BCUT2D eigenvalue weighted by Crippen LogP contribution is 2.73.